The molecule has 0 heteroatoms. The fourth-order valence-electron chi connectivity index (χ4n) is 4.72. The van der Waals surface area contributed by atoms with Crippen LogP contribution in [0.3, 0.4) is 0 Å². The molecule has 0 atom stereocenters. The Bertz CT molecular complexity index is 329. The molecule has 0 rings (SSSR count). The van der Waals surface area contributed by atoms with E-state index >= 15 is 0 Å². The van der Waals surface area contributed by atoms with E-state index in [0.717, 1.165) is 6.42 Å². The highest BCUT2D eigenvalue weighted by atomic mass is 14.0. The standard InChI is InChI=1S/C32H63/c1-3-5-7-9-11-13-15-17-19-21-23-25-27-29-31-32-30-28-26-24-22-20-18-16-14-12-10-8-6-4-2/h15,17H,1,3-14,16,18-32H2,2H3/b17-15-. The van der Waals surface area contributed by atoms with Crippen LogP contribution in [0.5, 0.6) is 0 Å². The summed E-state index contributed by atoms with van der Waals surface area (Å²) in [5.41, 5.74) is 0. The first-order valence-electron chi connectivity index (χ1n) is 15.4. The van der Waals surface area contributed by atoms with Gasteiger partial charge in [-0.1, -0.05) is 180 Å². The molecule has 0 spiro atoms. The van der Waals surface area contributed by atoms with Gasteiger partial charge in [0.1, 0.15) is 0 Å². The van der Waals surface area contributed by atoms with Crippen LogP contribution in [0.1, 0.15) is 187 Å². The molecule has 0 aromatic rings. The SMILES string of the molecule is [CH2]CCCCCC/C=C\CCCCCCCCCCCCCCCCCCCCCCC. The lowest BCUT2D eigenvalue weighted by Gasteiger charge is -2.04. The summed E-state index contributed by atoms with van der Waals surface area (Å²) in [6, 6.07) is 0. The molecule has 0 heterocycles. The zero-order valence-corrected chi connectivity index (χ0v) is 22.7. The molecule has 32 heavy (non-hydrogen) atoms. The Kier molecular flexibility index (Phi) is 30.5. The van der Waals surface area contributed by atoms with E-state index < -0.39 is 0 Å². The van der Waals surface area contributed by atoms with Crippen molar-refractivity contribution >= 4 is 0 Å². The molecule has 0 amide bonds. The highest BCUT2D eigenvalue weighted by Crippen LogP contribution is 2.15. The molecule has 0 aliphatic carbocycles. The molecule has 0 fully saturated rings. The van der Waals surface area contributed by atoms with Crippen LogP contribution in [0.2, 0.25) is 0 Å². The molecule has 0 N–H and O–H groups in total. The summed E-state index contributed by atoms with van der Waals surface area (Å²) >= 11 is 0. The molecule has 1 radical (unpaired) electrons. The van der Waals surface area contributed by atoms with Crippen molar-refractivity contribution in [2.24, 2.45) is 0 Å². The van der Waals surface area contributed by atoms with Gasteiger partial charge in [-0.15, -0.1) is 0 Å². The minimum absolute atomic E-state index is 1.11. The smallest absolute Gasteiger partial charge is 0.0351 e. The summed E-state index contributed by atoms with van der Waals surface area (Å²) in [5, 5.41) is 0. The van der Waals surface area contributed by atoms with Gasteiger partial charge in [0.2, 0.25) is 0 Å². The second-order valence-corrected chi connectivity index (χ2v) is 10.4. The Morgan fingerprint density at radius 3 is 0.875 bits per heavy atom. The third kappa shape index (κ3) is 29.7. The molecule has 191 valence electrons. The highest BCUT2D eigenvalue weighted by Gasteiger charge is 1.95. The average molecular weight is 448 g/mol. The number of unbranched alkanes of at least 4 members (excludes halogenated alkanes) is 26. The van der Waals surface area contributed by atoms with Crippen molar-refractivity contribution in [3.05, 3.63) is 19.1 Å². The second kappa shape index (κ2) is 30.7. The minimum atomic E-state index is 1.11. The monoisotopic (exact) mass is 447 g/mol. The zero-order chi connectivity index (χ0) is 23.2. The molecule has 0 aromatic carbocycles. The van der Waals surface area contributed by atoms with Gasteiger partial charge in [-0.25, -0.2) is 0 Å². The summed E-state index contributed by atoms with van der Waals surface area (Å²) in [4.78, 5) is 0. The maximum Gasteiger partial charge on any atom is -0.0351 e. The van der Waals surface area contributed by atoms with Gasteiger partial charge >= 0.3 is 0 Å². The van der Waals surface area contributed by atoms with Gasteiger partial charge in [-0.2, -0.15) is 0 Å². The van der Waals surface area contributed by atoms with Crippen LogP contribution in [-0.4, -0.2) is 0 Å². The van der Waals surface area contributed by atoms with Gasteiger partial charge in [0, 0.05) is 0 Å². The molecule has 0 aliphatic rings. The lowest BCUT2D eigenvalue weighted by molar-refractivity contribution is 0.520. The van der Waals surface area contributed by atoms with Crippen molar-refractivity contribution in [3.8, 4) is 0 Å². The minimum Gasteiger partial charge on any atom is -0.0885 e. The largest absolute Gasteiger partial charge is 0.0885 e. The van der Waals surface area contributed by atoms with Gasteiger partial charge < -0.3 is 0 Å². The van der Waals surface area contributed by atoms with Crippen LogP contribution in [0.4, 0.5) is 0 Å². The molecule has 0 saturated carbocycles. The summed E-state index contributed by atoms with van der Waals surface area (Å²) in [5.74, 6) is 0. The predicted molar refractivity (Wildman–Crippen MR) is 149 cm³/mol. The van der Waals surface area contributed by atoms with Gasteiger partial charge in [0.25, 0.3) is 0 Å². The molecule has 0 aliphatic heterocycles. The van der Waals surface area contributed by atoms with Crippen LogP contribution in [0.25, 0.3) is 0 Å². The van der Waals surface area contributed by atoms with E-state index in [1.165, 1.54) is 173 Å². The summed E-state index contributed by atoms with van der Waals surface area (Å²) in [6.45, 7) is 6.21. The van der Waals surface area contributed by atoms with Crippen molar-refractivity contribution < 1.29 is 0 Å². The third-order valence-electron chi connectivity index (χ3n) is 7.01. The Labute approximate surface area is 205 Å². The third-order valence-corrected chi connectivity index (χ3v) is 7.01. The average Bonchev–Trinajstić information content (AvgIpc) is 2.81. The van der Waals surface area contributed by atoms with Gasteiger partial charge in [0.15, 0.2) is 0 Å². The fourth-order valence-corrected chi connectivity index (χ4v) is 4.72. The number of rotatable bonds is 28. The van der Waals surface area contributed by atoms with Crippen molar-refractivity contribution in [2.75, 3.05) is 0 Å². The van der Waals surface area contributed by atoms with Crippen molar-refractivity contribution in [1.82, 2.24) is 0 Å². The van der Waals surface area contributed by atoms with Crippen molar-refractivity contribution in [1.29, 1.82) is 0 Å². The quantitative estimate of drug-likeness (QED) is 0.0826. The van der Waals surface area contributed by atoms with Crippen molar-refractivity contribution in [2.45, 2.75) is 187 Å². The molecule has 0 unspecified atom stereocenters. The second-order valence-electron chi connectivity index (χ2n) is 10.4. The molecule has 0 saturated heterocycles. The highest BCUT2D eigenvalue weighted by molar-refractivity contribution is 4.81. The van der Waals surface area contributed by atoms with Crippen LogP contribution in [0.15, 0.2) is 12.2 Å². The maximum absolute atomic E-state index is 3.91. The van der Waals surface area contributed by atoms with E-state index in [1.807, 2.05) is 0 Å². The van der Waals surface area contributed by atoms with Gasteiger partial charge in [0.05, 0.1) is 0 Å². The first kappa shape index (κ1) is 31.7. The number of allylic oxidation sites excluding steroid dienone is 2. The topological polar surface area (TPSA) is 0 Å². The van der Waals surface area contributed by atoms with Crippen LogP contribution in [-0.2, 0) is 0 Å². The Balaban J connectivity index is 3.03. The van der Waals surface area contributed by atoms with Crippen LogP contribution < -0.4 is 0 Å². The van der Waals surface area contributed by atoms with E-state index in [4.69, 9.17) is 0 Å². The first-order valence-corrected chi connectivity index (χ1v) is 15.4. The molecular formula is C32H63. The van der Waals surface area contributed by atoms with Gasteiger partial charge in [-0.05, 0) is 25.7 Å². The zero-order valence-electron chi connectivity index (χ0n) is 22.7. The summed E-state index contributed by atoms with van der Waals surface area (Å²) in [6.07, 6.45) is 44.8. The fraction of sp³-hybridized carbons (Fsp3) is 0.906. The Morgan fingerprint density at radius 2 is 0.594 bits per heavy atom. The molecule has 0 nitrogen and oxygen atoms in total. The number of hydrogen-bond acceptors (Lipinski definition) is 0. The normalized spacial score (nSPS) is 11.7. The Morgan fingerprint density at radius 1 is 0.344 bits per heavy atom. The lowest BCUT2D eigenvalue weighted by atomic mass is 10.0. The number of hydrogen-bond donors (Lipinski definition) is 0. The van der Waals surface area contributed by atoms with Gasteiger partial charge in [-0.3, -0.25) is 0 Å². The van der Waals surface area contributed by atoms with E-state index in [-0.39, 0.29) is 0 Å². The summed E-state index contributed by atoms with van der Waals surface area (Å²) in [7, 11) is 0. The molecular weight excluding hydrogens is 384 g/mol. The molecule has 0 bridgehead atoms. The van der Waals surface area contributed by atoms with E-state index in [9.17, 15) is 0 Å². The van der Waals surface area contributed by atoms with Crippen LogP contribution in [0, 0.1) is 6.92 Å². The molecule has 0 aromatic heterocycles. The summed E-state index contributed by atoms with van der Waals surface area (Å²) < 4.78 is 0. The Hall–Kier alpha value is -0.260. The maximum atomic E-state index is 3.91. The lowest BCUT2D eigenvalue weighted by Crippen LogP contribution is -1.84. The van der Waals surface area contributed by atoms with E-state index in [1.54, 1.807) is 0 Å². The van der Waals surface area contributed by atoms with E-state index in [0.29, 0.717) is 0 Å². The predicted octanol–water partition coefficient (Wildman–Crippen LogP) is 12.3. The van der Waals surface area contributed by atoms with Crippen molar-refractivity contribution in [3.63, 3.8) is 0 Å². The van der Waals surface area contributed by atoms with E-state index in [2.05, 4.69) is 26.0 Å². The first-order chi connectivity index (χ1) is 15.9. The van der Waals surface area contributed by atoms with Crippen LogP contribution >= 0.6 is 0 Å².